The summed E-state index contributed by atoms with van der Waals surface area (Å²) in [6.45, 7) is 2.00. The molecule has 0 aliphatic rings. The van der Waals surface area contributed by atoms with Crippen molar-refractivity contribution in [2.75, 3.05) is 0 Å². The van der Waals surface area contributed by atoms with E-state index in [1.807, 2.05) is 55.6 Å². The lowest BCUT2D eigenvalue weighted by atomic mass is 10.0. The van der Waals surface area contributed by atoms with Gasteiger partial charge in [0.25, 0.3) is 0 Å². The van der Waals surface area contributed by atoms with Crippen molar-refractivity contribution < 1.29 is 0 Å². The molecular weight excluding hydrogens is 302 g/mol. The molecule has 3 aromatic rings. The third-order valence-electron chi connectivity index (χ3n) is 3.26. The predicted molar refractivity (Wildman–Crippen MR) is 80.1 cm³/mol. The van der Waals surface area contributed by atoms with Crippen molar-refractivity contribution in [1.29, 1.82) is 0 Å². The van der Waals surface area contributed by atoms with E-state index in [4.69, 9.17) is 5.73 Å². The molecule has 3 nitrogen and oxygen atoms in total. The second kappa shape index (κ2) is 4.79. The maximum atomic E-state index is 6.40. The van der Waals surface area contributed by atoms with Crippen LogP contribution in [-0.2, 0) is 0 Å². The van der Waals surface area contributed by atoms with Gasteiger partial charge in [-0.15, -0.1) is 0 Å². The van der Waals surface area contributed by atoms with Crippen molar-refractivity contribution in [3.05, 3.63) is 70.1 Å². The van der Waals surface area contributed by atoms with Crippen LogP contribution in [0.4, 0.5) is 0 Å². The molecular formula is C15H14BrN3. The Bertz CT molecular complexity index is 719. The van der Waals surface area contributed by atoms with E-state index in [-0.39, 0.29) is 6.04 Å². The number of imidazole rings is 1. The molecule has 3 rings (SSSR count). The van der Waals surface area contributed by atoms with Gasteiger partial charge in [0, 0.05) is 10.7 Å². The Morgan fingerprint density at radius 2 is 1.89 bits per heavy atom. The van der Waals surface area contributed by atoms with E-state index in [0.29, 0.717) is 0 Å². The van der Waals surface area contributed by atoms with Crippen LogP contribution in [0.3, 0.4) is 0 Å². The van der Waals surface area contributed by atoms with Crippen LogP contribution in [0.25, 0.3) is 5.65 Å². The molecule has 2 N–H and O–H groups in total. The number of fused-ring (bicyclic) bond motifs is 1. The molecule has 4 heteroatoms. The van der Waals surface area contributed by atoms with Gasteiger partial charge in [0.15, 0.2) is 0 Å². The number of rotatable bonds is 2. The van der Waals surface area contributed by atoms with E-state index < -0.39 is 0 Å². The first-order valence-electron chi connectivity index (χ1n) is 6.11. The van der Waals surface area contributed by atoms with Gasteiger partial charge in [-0.2, -0.15) is 0 Å². The minimum Gasteiger partial charge on any atom is -0.319 e. The first-order chi connectivity index (χ1) is 9.16. The number of halogens is 1. The summed E-state index contributed by atoms with van der Waals surface area (Å²) in [5.41, 5.74) is 10.4. The average Bonchev–Trinajstić information content (AvgIpc) is 2.74. The van der Waals surface area contributed by atoms with E-state index in [9.17, 15) is 0 Å². The first kappa shape index (κ1) is 12.4. The van der Waals surface area contributed by atoms with Gasteiger partial charge in [0.2, 0.25) is 0 Å². The third kappa shape index (κ3) is 2.17. The molecule has 2 heterocycles. The summed E-state index contributed by atoms with van der Waals surface area (Å²) < 4.78 is 3.07. The molecule has 0 spiro atoms. The lowest BCUT2D eigenvalue weighted by Gasteiger charge is -2.13. The maximum absolute atomic E-state index is 6.40. The third-order valence-corrected chi connectivity index (χ3v) is 3.73. The zero-order valence-electron chi connectivity index (χ0n) is 10.5. The number of aryl methyl sites for hydroxylation is 1. The minimum atomic E-state index is -0.175. The second-order valence-corrected chi connectivity index (χ2v) is 5.46. The number of nitrogens with two attached hydrogens (primary N) is 1. The van der Waals surface area contributed by atoms with E-state index in [1.54, 1.807) is 0 Å². The van der Waals surface area contributed by atoms with Crippen LogP contribution in [-0.4, -0.2) is 9.38 Å². The molecule has 0 aliphatic heterocycles. The maximum Gasteiger partial charge on any atom is 0.137 e. The quantitative estimate of drug-likeness (QED) is 0.787. The predicted octanol–water partition coefficient (Wildman–Crippen LogP) is 3.45. The van der Waals surface area contributed by atoms with Crippen LogP contribution in [0.15, 0.2) is 53.1 Å². The molecule has 1 aromatic carbocycles. The SMILES string of the molecule is Cc1nc2ccc(Br)cn2c1C(N)c1ccccc1. The molecule has 0 radical (unpaired) electrons. The molecule has 0 bridgehead atoms. The molecule has 0 fully saturated rings. The van der Waals surface area contributed by atoms with Crippen LogP contribution >= 0.6 is 15.9 Å². The fourth-order valence-electron chi connectivity index (χ4n) is 2.35. The Hall–Kier alpha value is -1.65. The van der Waals surface area contributed by atoms with Gasteiger partial charge in [0.1, 0.15) is 5.65 Å². The van der Waals surface area contributed by atoms with E-state index in [1.165, 1.54) is 0 Å². The Balaban J connectivity index is 2.19. The van der Waals surface area contributed by atoms with Crippen molar-refractivity contribution in [2.45, 2.75) is 13.0 Å². The summed E-state index contributed by atoms with van der Waals surface area (Å²) in [7, 11) is 0. The van der Waals surface area contributed by atoms with Crippen LogP contribution in [0.2, 0.25) is 0 Å². The smallest absolute Gasteiger partial charge is 0.137 e. The molecule has 1 unspecified atom stereocenters. The van der Waals surface area contributed by atoms with Crippen LogP contribution in [0.1, 0.15) is 23.0 Å². The van der Waals surface area contributed by atoms with Gasteiger partial charge >= 0.3 is 0 Å². The van der Waals surface area contributed by atoms with Crippen LogP contribution < -0.4 is 5.73 Å². The lowest BCUT2D eigenvalue weighted by molar-refractivity contribution is 0.804. The fourth-order valence-corrected chi connectivity index (χ4v) is 2.68. The van der Waals surface area contributed by atoms with Gasteiger partial charge in [-0.05, 0) is 40.5 Å². The Morgan fingerprint density at radius 3 is 2.63 bits per heavy atom. The molecule has 0 aliphatic carbocycles. The highest BCUT2D eigenvalue weighted by Crippen LogP contribution is 2.25. The average molecular weight is 316 g/mol. The Kier molecular flexibility index (Phi) is 3.12. The Labute approximate surface area is 120 Å². The molecule has 19 heavy (non-hydrogen) atoms. The standard InChI is InChI=1S/C15H14BrN3/c1-10-15(14(17)11-5-3-2-4-6-11)19-9-12(16)7-8-13(19)18-10/h2-9,14H,17H2,1H3. The fraction of sp³-hybridized carbons (Fsp3) is 0.133. The zero-order chi connectivity index (χ0) is 13.4. The largest absolute Gasteiger partial charge is 0.319 e. The van der Waals surface area contributed by atoms with Gasteiger partial charge in [-0.25, -0.2) is 4.98 Å². The Morgan fingerprint density at radius 1 is 1.16 bits per heavy atom. The summed E-state index contributed by atoms with van der Waals surface area (Å²) in [5, 5.41) is 0. The number of benzene rings is 1. The number of aromatic nitrogens is 2. The summed E-state index contributed by atoms with van der Waals surface area (Å²) in [6, 6.07) is 13.9. The van der Waals surface area contributed by atoms with Crippen molar-refractivity contribution in [3.8, 4) is 0 Å². The molecule has 0 saturated heterocycles. The molecule has 1 atom stereocenters. The first-order valence-corrected chi connectivity index (χ1v) is 6.91. The summed E-state index contributed by atoms with van der Waals surface area (Å²) in [4.78, 5) is 4.56. The van der Waals surface area contributed by atoms with Crippen molar-refractivity contribution in [1.82, 2.24) is 9.38 Å². The van der Waals surface area contributed by atoms with Crippen LogP contribution in [0.5, 0.6) is 0 Å². The van der Waals surface area contributed by atoms with Crippen molar-refractivity contribution in [3.63, 3.8) is 0 Å². The summed E-state index contributed by atoms with van der Waals surface area (Å²) in [5.74, 6) is 0. The van der Waals surface area contributed by atoms with E-state index in [2.05, 4.69) is 25.3 Å². The second-order valence-electron chi connectivity index (χ2n) is 4.55. The highest BCUT2D eigenvalue weighted by Gasteiger charge is 2.17. The van der Waals surface area contributed by atoms with Crippen molar-refractivity contribution >= 4 is 21.6 Å². The highest BCUT2D eigenvalue weighted by atomic mass is 79.9. The monoisotopic (exact) mass is 315 g/mol. The number of pyridine rings is 1. The van der Waals surface area contributed by atoms with Crippen molar-refractivity contribution in [2.24, 2.45) is 5.73 Å². The lowest BCUT2D eigenvalue weighted by Crippen LogP contribution is -2.15. The molecule has 96 valence electrons. The van der Waals surface area contributed by atoms with Gasteiger partial charge in [-0.3, -0.25) is 0 Å². The number of hydrogen-bond acceptors (Lipinski definition) is 2. The summed E-state index contributed by atoms with van der Waals surface area (Å²) >= 11 is 3.49. The normalized spacial score (nSPS) is 12.8. The molecule has 0 saturated carbocycles. The van der Waals surface area contributed by atoms with Gasteiger partial charge in [0.05, 0.1) is 17.4 Å². The topological polar surface area (TPSA) is 43.3 Å². The van der Waals surface area contributed by atoms with Gasteiger partial charge in [-0.1, -0.05) is 30.3 Å². The number of nitrogens with zero attached hydrogens (tertiary/aromatic N) is 2. The minimum absolute atomic E-state index is 0.175. The van der Waals surface area contributed by atoms with Crippen LogP contribution in [0, 0.1) is 6.92 Å². The van der Waals surface area contributed by atoms with Gasteiger partial charge < -0.3 is 10.1 Å². The number of hydrogen-bond donors (Lipinski definition) is 1. The summed E-state index contributed by atoms with van der Waals surface area (Å²) in [6.07, 6.45) is 2.01. The van der Waals surface area contributed by atoms with E-state index >= 15 is 0 Å². The van der Waals surface area contributed by atoms with E-state index in [0.717, 1.165) is 27.1 Å². The zero-order valence-corrected chi connectivity index (χ0v) is 12.1. The highest BCUT2D eigenvalue weighted by molar-refractivity contribution is 9.10. The molecule has 0 amide bonds. The molecule has 2 aromatic heterocycles.